The molecule has 8 heteroatoms. The van der Waals surface area contributed by atoms with Crippen molar-refractivity contribution < 1.29 is 4.79 Å². The van der Waals surface area contributed by atoms with Gasteiger partial charge in [0.2, 0.25) is 0 Å². The van der Waals surface area contributed by atoms with Crippen LogP contribution in [0.5, 0.6) is 0 Å². The first-order valence-electron chi connectivity index (χ1n) is 7.08. The molecule has 26 heavy (non-hydrogen) atoms. The molecule has 0 atom stereocenters. The van der Waals surface area contributed by atoms with Crippen LogP contribution in [0.25, 0.3) is 22.4 Å². The van der Waals surface area contributed by atoms with Gasteiger partial charge in [-0.15, -0.1) is 0 Å². The van der Waals surface area contributed by atoms with Crippen LogP contribution in [-0.4, -0.2) is 11.3 Å². The van der Waals surface area contributed by atoms with Crippen molar-refractivity contribution in [2.75, 3.05) is 0 Å². The number of aromatic nitrogens is 1. The summed E-state index contributed by atoms with van der Waals surface area (Å²) < 4.78 is 0. The second kappa shape index (κ2) is 7.93. The number of aldehydes is 1. The summed E-state index contributed by atoms with van der Waals surface area (Å²) in [6, 6.07) is 9.62. The Labute approximate surface area is 179 Å². The van der Waals surface area contributed by atoms with Crippen molar-refractivity contribution in [3.63, 3.8) is 0 Å². The Kier molecular flexibility index (Phi) is 6.03. The number of hydrogen-bond donors (Lipinski definition) is 0. The van der Waals surface area contributed by atoms with Crippen molar-refractivity contribution in [2.24, 2.45) is 0 Å². The van der Waals surface area contributed by atoms with E-state index in [1.54, 1.807) is 24.3 Å². The molecule has 1 aromatic heterocycles. The summed E-state index contributed by atoms with van der Waals surface area (Å²) in [7, 11) is 0. The molecule has 2 aromatic carbocycles. The Morgan fingerprint density at radius 2 is 1.12 bits per heavy atom. The fourth-order valence-corrected chi connectivity index (χ4v) is 3.68. The summed E-state index contributed by atoms with van der Waals surface area (Å²) in [5.41, 5.74) is 2.25. The number of hydrogen-bond acceptors (Lipinski definition) is 2. The highest BCUT2D eigenvalue weighted by Gasteiger charge is 2.16. The van der Waals surface area contributed by atoms with Crippen molar-refractivity contribution in [3.05, 3.63) is 72.2 Å². The lowest BCUT2D eigenvalue weighted by molar-refractivity contribution is 0.112. The summed E-state index contributed by atoms with van der Waals surface area (Å²) in [5.74, 6) is 0. The van der Waals surface area contributed by atoms with E-state index in [0.717, 1.165) is 0 Å². The molecule has 0 saturated carbocycles. The van der Waals surface area contributed by atoms with Crippen molar-refractivity contribution in [3.8, 4) is 22.4 Å². The molecule has 0 bridgehead atoms. The van der Waals surface area contributed by atoms with Gasteiger partial charge in [0.25, 0.3) is 0 Å². The third-order valence-corrected chi connectivity index (χ3v) is 5.69. The second-order valence-electron chi connectivity index (χ2n) is 5.24. The zero-order valence-corrected chi connectivity index (χ0v) is 17.2. The zero-order chi connectivity index (χ0) is 19.0. The summed E-state index contributed by atoms with van der Waals surface area (Å²) in [5, 5.41) is 2.01. The van der Waals surface area contributed by atoms with Gasteiger partial charge in [-0.1, -0.05) is 69.6 Å². The Bertz CT molecular complexity index is 1030. The summed E-state index contributed by atoms with van der Waals surface area (Å²) in [6.45, 7) is 0. The molecule has 3 rings (SSSR count). The molecule has 132 valence electrons. The fourth-order valence-electron chi connectivity index (χ4n) is 2.39. The Morgan fingerprint density at radius 1 is 0.615 bits per heavy atom. The molecule has 0 radical (unpaired) electrons. The Morgan fingerprint density at radius 3 is 1.69 bits per heavy atom. The molecular formula is C18H7Cl6NO. The smallest absolute Gasteiger partial charge is 0.169 e. The van der Waals surface area contributed by atoms with Gasteiger partial charge in [0.15, 0.2) is 6.29 Å². The molecule has 3 aromatic rings. The van der Waals surface area contributed by atoms with Crippen molar-refractivity contribution >= 4 is 75.9 Å². The molecule has 0 spiro atoms. The van der Waals surface area contributed by atoms with Crippen LogP contribution in [0.4, 0.5) is 0 Å². The molecule has 0 amide bonds. The number of benzene rings is 2. The van der Waals surface area contributed by atoms with Gasteiger partial charge in [-0.25, -0.2) is 4.98 Å². The Hall–Kier alpha value is -1.000. The number of carbonyl (C=O) groups excluding carboxylic acids is 1. The van der Waals surface area contributed by atoms with E-state index >= 15 is 0 Å². The lowest BCUT2D eigenvalue weighted by Crippen LogP contribution is -1.96. The van der Waals surface area contributed by atoms with E-state index in [0.29, 0.717) is 58.8 Å². The van der Waals surface area contributed by atoms with E-state index in [1.165, 1.54) is 12.1 Å². The highest BCUT2D eigenvalue weighted by molar-refractivity contribution is 6.44. The average Bonchev–Trinajstić information content (AvgIpc) is 2.61. The maximum absolute atomic E-state index is 11.6. The minimum Gasteiger partial charge on any atom is -0.296 e. The Balaban J connectivity index is 2.17. The number of carbonyl (C=O) groups is 1. The number of pyridine rings is 1. The van der Waals surface area contributed by atoms with E-state index in [4.69, 9.17) is 69.6 Å². The van der Waals surface area contributed by atoms with Crippen LogP contribution >= 0.6 is 69.6 Å². The van der Waals surface area contributed by atoms with Crippen LogP contribution in [-0.2, 0) is 0 Å². The van der Waals surface area contributed by atoms with Crippen molar-refractivity contribution in [1.82, 2.24) is 4.98 Å². The molecule has 0 N–H and O–H groups in total. The molecule has 0 saturated heterocycles. The summed E-state index contributed by atoms with van der Waals surface area (Å²) in [4.78, 5) is 16.0. The molecule has 1 heterocycles. The van der Waals surface area contributed by atoms with Crippen molar-refractivity contribution in [1.29, 1.82) is 0 Å². The van der Waals surface area contributed by atoms with Crippen LogP contribution in [0, 0.1) is 0 Å². The predicted molar refractivity (Wildman–Crippen MR) is 111 cm³/mol. The SMILES string of the molecule is O=Cc1nc(-c2cc(Cl)c(Cl)cc2Cl)ccc1-c1cc(Cl)c(Cl)cc1Cl. The number of halogens is 6. The van der Waals surface area contributed by atoms with Crippen LogP contribution < -0.4 is 0 Å². The standard InChI is InChI=1S/C18H7Cl6NO/c19-11-5-15(23)13(21)3-9(11)8-1-2-17(25-18(8)7-26)10-4-14(22)16(24)6-12(10)20/h1-7H. The van der Waals surface area contributed by atoms with Gasteiger partial charge in [0, 0.05) is 16.7 Å². The second-order valence-corrected chi connectivity index (χ2v) is 7.68. The van der Waals surface area contributed by atoms with Crippen LogP contribution in [0.15, 0.2) is 36.4 Å². The monoisotopic (exact) mass is 463 g/mol. The largest absolute Gasteiger partial charge is 0.296 e. The van der Waals surface area contributed by atoms with Gasteiger partial charge in [0.05, 0.1) is 35.8 Å². The van der Waals surface area contributed by atoms with E-state index in [-0.39, 0.29) is 5.69 Å². The molecule has 0 aliphatic rings. The highest BCUT2D eigenvalue weighted by atomic mass is 35.5. The highest BCUT2D eigenvalue weighted by Crippen LogP contribution is 2.38. The number of rotatable bonds is 3. The van der Waals surface area contributed by atoms with E-state index in [2.05, 4.69) is 4.98 Å². The first-order valence-corrected chi connectivity index (χ1v) is 9.34. The van der Waals surface area contributed by atoms with Gasteiger partial charge in [-0.05, 0) is 36.4 Å². The molecular weight excluding hydrogens is 459 g/mol. The first-order chi connectivity index (χ1) is 12.3. The molecule has 0 fully saturated rings. The lowest BCUT2D eigenvalue weighted by Gasteiger charge is -2.11. The van der Waals surface area contributed by atoms with Gasteiger partial charge >= 0.3 is 0 Å². The molecule has 2 nitrogen and oxygen atoms in total. The van der Waals surface area contributed by atoms with E-state index in [1.807, 2.05) is 0 Å². The van der Waals surface area contributed by atoms with Gasteiger partial charge in [0.1, 0.15) is 5.69 Å². The average molecular weight is 466 g/mol. The topological polar surface area (TPSA) is 30.0 Å². The lowest BCUT2D eigenvalue weighted by atomic mass is 10.0. The van der Waals surface area contributed by atoms with Gasteiger partial charge in [-0.3, -0.25) is 4.79 Å². The summed E-state index contributed by atoms with van der Waals surface area (Å²) in [6.07, 6.45) is 0.628. The maximum Gasteiger partial charge on any atom is 0.169 e. The molecule has 0 aliphatic carbocycles. The minimum absolute atomic E-state index is 0.171. The summed E-state index contributed by atoms with van der Waals surface area (Å²) >= 11 is 36.5. The van der Waals surface area contributed by atoms with Crippen molar-refractivity contribution in [2.45, 2.75) is 0 Å². The van der Waals surface area contributed by atoms with Crippen LogP contribution in [0.3, 0.4) is 0 Å². The molecule has 0 unspecified atom stereocenters. The number of nitrogens with zero attached hydrogens (tertiary/aromatic N) is 1. The van der Waals surface area contributed by atoms with E-state index < -0.39 is 0 Å². The van der Waals surface area contributed by atoms with Crippen LogP contribution in [0.1, 0.15) is 10.5 Å². The normalized spacial score (nSPS) is 10.8. The maximum atomic E-state index is 11.6. The molecule has 0 aliphatic heterocycles. The fraction of sp³-hybridized carbons (Fsp3) is 0. The third kappa shape index (κ3) is 3.82. The predicted octanol–water partition coefficient (Wildman–Crippen LogP) is 8.15. The minimum atomic E-state index is 0.171. The zero-order valence-electron chi connectivity index (χ0n) is 12.7. The third-order valence-electron chi connectivity index (χ3n) is 3.62. The van der Waals surface area contributed by atoms with E-state index in [9.17, 15) is 4.79 Å². The van der Waals surface area contributed by atoms with Gasteiger partial charge in [-0.2, -0.15) is 0 Å². The first kappa shape index (κ1) is 19.8. The van der Waals surface area contributed by atoms with Crippen LogP contribution in [0.2, 0.25) is 30.1 Å². The van der Waals surface area contributed by atoms with Gasteiger partial charge < -0.3 is 0 Å². The quantitative estimate of drug-likeness (QED) is 0.288.